The number of sulfone groups is 1. The van der Waals surface area contributed by atoms with Crippen LogP contribution in [0, 0.1) is 5.82 Å². The monoisotopic (exact) mass is 262 g/mol. The summed E-state index contributed by atoms with van der Waals surface area (Å²) in [6, 6.07) is 5.04. The number of aliphatic hydroxyl groups is 2. The van der Waals surface area contributed by atoms with Crippen molar-refractivity contribution < 1.29 is 23.0 Å². The molecule has 2 N–H and O–H groups in total. The van der Waals surface area contributed by atoms with Crippen LogP contribution in [0.15, 0.2) is 24.3 Å². The third-order valence-corrected chi connectivity index (χ3v) is 4.72. The Labute approximate surface area is 99.6 Å². The summed E-state index contributed by atoms with van der Waals surface area (Å²) < 4.78 is 36.2. The topological polar surface area (TPSA) is 74.6 Å². The molecule has 6 heteroatoms. The quantitative estimate of drug-likeness (QED) is 0.817. The molecule has 4 nitrogen and oxygen atoms in total. The first-order valence-corrected chi connectivity index (χ1v) is 6.90. The molecular formula is C11H15FO4S. The molecular weight excluding hydrogens is 247 g/mol. The van der Waals surface area contributed by atoms with Gasteiger partial charge in [-0.25, -0.2) is 12.8 Å². The minimum Gasteiger partial charge on any atom is -0.395 e. The molecule has 0 saturated carbocycles. The first kappa shape index (κ1) is 14.1. The van der Waals surface area contributed by atoms with Crippen molar-refractivity contribution in [3.63, 3.8) is 0 Å². The Hall–Kier alpha value is -0.980. The molecule has 1 aromatic carbocycles. The van der Waals surface area contributed by atoms with Crippen LogP contribution in [-0.2, 0) is 9.84 Å². The van der Waals surface area contributed by atoms with Gasteiger partial charge in [0.2, 0.25) is 0 Å². The minimum absolute atomic E-state index is 0.140. The summed E-state index contributed by atoms with van der Waals surface area (Å²) in [6.45, 7) is 0.726. The van der Waals surface area contributed by atoms with Crippen molar-refractivity contribution in [3.8, 4) is 0 Å². The van der Waals surface area contributed by atoms with Crippen molar-refractivity contribution in [2.24, 2.45) is 0 Å². The van der Waals surface area contributed by atoms with Crippen LogP contribution in [0.5, 0.6) is 0 Å². The molecule has 0 aliphatic carbocycles. The lowest BCUT2D eigenvalue weighted by molar-refractivity contribution is 0.137. The summed E-state index contributed by atoms with van der Waals surface area (Å²) in [5.74, 6) is -0.753. The maximum absolute atomic E-state index is 13.0. The Morgan fingerprint density at radius 1 is 1.41 bits per heavy atom. The Morgan fingerprint density at radius 3 is 2.53 bits per heavy atom. The average Bonchev–Trinajstić information content (AvgIpc) is 2.29. The molecule has 2 atom stereocenters. The first-order chi connectivity index (χ1) is 7.92. The molecule has 0 spiro atoms. The molecule has 0 amide bonds. The second kappa shape index (κ2) is 5.57. The summed E-state index contributed by atoms with van der Waals surface area (Å²) in [5, 5.41) is 17.6. The van der Waals surface area contributed by atoms with Gasteiger partial charge in [0.25, 0.3) is 0 Å². The molecule has 0 fully saturated rings. The Morgan fingerprint density at radius 2 is 2.06 bits per heavy atom. The van der Waals surface area contributed by atoms with E-state index in [2.05, 4.69) is 0 Å². The molecule has 0 heterocycles. The summed E-state index contributed by atoms with van der Waals surface area (Å²) in [4.78, 5) is 0. The second-order valence-corrected chi connectivity index (χ2v) is 6.18. The number of aliphatic hydroxyl groups excluding tert-OH is 2. The van der Waals surface area contributed by atoms with E-state index in [4.69, 9.17) is 5.11 Å². The van der Waals surface area contributed by atoms with Crippen LogP contribution >= 0.6 is 0 Å². The molecule has 17 heavy (non-hydrogen) atoms. The predicted octanol–water partition coefficient (Wildman–Crippen LogP) is 0.655. The maximum atomic E-state index is 13.0. The van der Waals surface area contributed by atoms with Crippen molar-refractivity contribution >= 4 is 9.84 Å². The van der Waals surface area contributed by atoms with Crippen LogP contribution in [0.3, 0.4) is 0 Å². The highest BCUT2D eigenvalue weighted by molar-refractivity contribution is 7.92. The Kier molecular flexibility index (Phi) is 4.62. The molecule has 0 aliphatic heterocycles. The van der Waals surface area contributed by atoms with E-state index in [1.165, 1.54) is 25.1 Å². The minimum atomic E-state index is -3.59. The summed E-state index contributed by atoms with van der Waals surface area (Å²) in [7, 11) is -3.59. The van der Waals surface area contributed by atoms with Gasteiger partial charge in [0.1, 0.15) is 11.1 Å². The van der Waals surface area contributed by atoms with E-state index in [-0.39, 0.29) is 11.3 Å². The zero-order chi connectivity index (χ0) is 13.1. The van der Waals surface area contributed by atoms with Crippen molar-refractivity contribution in [1.82, 2.24) is 0 Å². The lowest BCUT2D eigenvalue weighted by Crippen LogP contribution is -2.33. The largest absolute Gasteiger partial charge is 0.395 e. The van der Waals surface area contributed by atoms with Crippen molar-refractivity contribution in [2.75, 3.05) is 12.4 Å². The number of benzene rings is 1. The first-order valence-electron chi connectivity index (χ1n) is 5.18. The van der Waals surface area contributed by atoms with E-state index in [9.17, 15) is 17.9 Å². The van der Waals surface area contributed by atoms with Crippen LogP contribution in [0.25, 0.3) is 0 Å². The summed E-state index contributed by atoms with van der Waals surface area (Å²) in [5.41, 5.74) is 0.140. The van der Waals surface area contributed by atoms with Crippen molar-refractivity contribution in [1.29, 1.82) is 0 Å². The third kappa shape index (κ3) is 3.24. The highest BCUT2D eigenvalue weighted by atomic mass is 32.2. The van der Waals surface area contributed by atoms with Gasteiger partial charge in [-0.05, 0) is 17.7 Å². The lowest BCUT2D eigenvalue weighted by atomic mass is 10.1. The van der Waals surface area contributed by atoms with E-state index < -0.39 is 33.6 Å². The van der Waals surface area contributed by atoms with E-state index in [0.717, 1.165) is 6.07 Å². The zero-order valence-corrected chi connectivity index (χ0v) is 10.2. The van der Waals surface area contributed by atoms with E-state index >= 15 is 0 Å². The smallest absolute Gasteiger partial charge is 0.158 e. The SMILES string of the molecule is CCS(=O)(=O)[C@@H](CO)[C@H](O)c1cccc(F)c1. The predicted molar refractivity (Wildman–Crippen MR) is 61.7 cm³/mol. The van der Waals surface area contributed by atoms with Crippen LogP contribution < -0.4 is 0 Å². The van der Waals surface area contributed by atoms with Crippen LogP contribution in [0.1, 0.15) is 18.6 Å². The van der Waals surface area contributed by atoms with Crippen LogP contribution in [-0.4, -0.2) is 36.2 Å². The van der Waals surface area contributed by atoms with E-state index in [1.54, 1.807) is 0 Å². The van der Waals surface area contributed by atoms with Crippen LogP contribution in [0.2, 0.25) is 0 Å². The standard InChI is InChI=1S/C11H15FO4S/c1-2-17(15,16)10(7-13)11(14)8-4-3-5-9(12)6-8/h3-6,10-11,13-14H,2,7H2,1H3/t10-,11+/m0/s1. The van der Waals surface area contributed by atoms with Gasteiger partial charge < -0.3 is 10.2 Å². The number of hydrogen-bond donors (Lipinski definition) is 2. The van der Waals surface area contributed by atoms with E-state index in [0.29, 0.717) is 0 Å². The average molecular weight is 262 g/mol. The summed E-state index contributed by atoms with van der Waals surface area (Å²) in [6.07, 6.45) is -1.43. The summed E-state index contributed by atoms with van der Waals surface area (Å²) >= 11 is 0. The Balaban J connectivity index is 3.06. The van der Waals surface area contributed by atoms with Gasteiger partial charge in [0, 0.05) is 5.75 Å². The van der Waals surface area contributed by atoms with Gasteiger partial charge in [0.15, 0.2) is 9.84 Å². The fraction of sp³-hybridized carbons (Fsp3) is 0.455. The van der Waals surface area contributed by atoms with Gasteiger partial charge in [-0.3, -0.25) is 0 Å². The molecule has 0 aliphatic rings. The third-order valence-electron chi connectivity index (χ3n) is 2.59. The Bertz CT molecular complexity index is 472. The molecule has 0 saturated heterocycles. The number of halogens is 1. The van der Waals surface area contributed by atoms with Gasteiger partial charge in [-0.1, -0.05) is 19.1 Å². The molecule has 1 aromatic rings. The van der Waals surface area contributed by atoms with Crippen molar-refractivity contribution in [2.45, 2.75) is 18.3 Å². The maximum Gasteiger partial charge on any atom is 0.158 e. The van der Waals surface area contributed by atoms with Gasteiger partial charge in [-0.15, -0.1) is 0 Å². The highest BCUT2D eigenvalue weighted by Gasteiger charge is 2.31. The molecule has 0 radical (unpaired) electrons. The van der Waals surface area contributed by atoms with E-state index in [1.807, 2.05) is 0 Å². The molecule has 0 unspecified atom stereocenters. The molecule has 0 bridgehead atoms. The van der Waals surface area contributed by atoms with Crippen LogP contribution in [0.4, 0.5) is 4.39 Å². The number of hydrogen-bond acceptors (Lipinski definition) is 4. The van der Waals surface area contributed by atoms with Gasteiger partial charge in [-0.2, -0.15) is 0 Å². The fourth-order valence-electron chi connectivity index (χ4n) is 1.53. The highest BCUT2D eigenvalue weighted by Crippen LogP contribution is 2.23. The molecule has 1 rings (SSSR count). The lowest BCUT2D eigenvalue weighted by Gasteiger charge is -2.20. The van der Waals surface area contributed by atoms with Gasteiger partial charge >= 0.3 is 0 Å². The second-order valence-electron chi connectivity index (χ2n) is 3.67. The fourth-order valence-corrected chi connectivity index (χ4v) is 2.73. The molecule has 96 valence electrons. The zero-order valence-electron chi connectivity index (χ0n) is 9.38. The van der Waals surface area contributed by atoms with Gasteiger partial charge in [0.05, 0.1) is 12.7 Å². The normalized spacial score (nSPS) is 15.5. The number of rotatable bonds is 5. The van der Waals surface area contributed by atoms with Crippen molar-refractivity contribution in [3.05, 3.63) is 35.6 Å². The molecule has 0 aromatic heterocycles.